The topological polar surface area (TPSA) is 61.4 Å². The zero-order valence-corrected chi connectivity index (χ0v) is 13.1. The lowest BCUT2D eigenvalue weighted by Crippen LogP contribution is -2.59. The number of piperidine rings is 1. The highest BCUT2D eigenvalue weighted by molar-refractivity contribution is 5.83. The van der Waals surface area contributed by atoms with E-state index in [0.29, 0.717) is 0 Å². The van der Waals surface area contributed by atoms with Crippen molar-refractivity contribution in [2.75, 3.05) is 13.2 Å². The molecule has 0 aromatic heterocycles. The molecule has 1 aromatic carbocycles. The van der Waals surface area contributed by atoms with Crippen LogP contribution < -0.4 is 10.6 Å². The molecule has 2 atom stereocenters. The van der Waals surface area contributed by atoms with Crippen LogP contribution >= 0.6 is 0 Å². The summed E-state index contributed by atoms with van der Waals surface area (Å²) in [6, 6.07) is 9.39. The monoisotopic (exact) mass is 290 g/mol. The molecule has 2 unspecified atom stereocenters. The lowest BCUT2D eigenvalue weighted by molar-refractivity contribution is -0.129. The number of carbonyl (C=O) groups is 1. The van der Waals surface area contributed by atoms with Gasteiger partial charge in [0.15, 0.2) is 0 Å². The van der Waals surface area contributed by atoms with Gasteiger partial charge in [0, 0.05) is 0 Å². The van der Waals surface area contributed by atoms with Gasteiger partial charge in [-0.3, -0.25) is 4.79 Å². The summed E-state index contributed by atoms with van der Waals surface area (Å²) in [6.07, 6.45) is 2.12. The molecule has 21 heavy (non-hydrogen) atoms. The molecule has 0 saturated carbocycles. The van der Waals surface area contributed by atoms with Crippen LogP contribution in [0.5, 0.6) is 0 Å². The fourth-order valence-corrected chi connectivity index (χ4v) is 3.01. The number of hydrogen-bond acceptors (Lipinski definition) is 3. The van der Waals surface area contributed by atoms with Crippen LogP contribution in [0.1, 0.15) is 39.2 Å². The predicted molar refractivity (Wildman–Crippen MR) is 83.8 cm³/mol. The zero-order valence-electron chi connectivity index (χ0n) is 13.1. The van der Waals surface area contributed by atoms with Gasteiger partial charge < -0.3 is 15.7 Å². The van der Waals surface area contributed by atoms with E-state index in [9.17, 15) is 9.90 Å². The molecule has 0 radical (unpaired) electrons. The van der Waals surface area contributed by atoms with Crippen LogP contribution in [-0.2, 0) is 10.3 Å². The van der Waals surface area contributed by atoms with Gasteiger partial charge in [-0.1, -0.05) is 44.2 Å². The van der Waals surface area contributed by atoms with E-state index in [1.807, 2.05) is 37.3 Å². The summed E-state index contributed by atoms with van der Waals surface area (Å²) < 4.78 is 0. The van der Waals surface area contributed by atoms with Crippen LogP contribution in [0.3, 0.4) is 0 Å². The van der Waals surface area contributed by atoms with Crippen molar-refractivity contribution in [3.63, 3.8) is 0 Å². The highest BCUT2D eigenvalue weighted by atomic mass is 16.3. The first-order valence-corrected chi connectivity index (χ1v) is 7.61. The summed E-state index contributed by atoms with van der Waals surface area (Å²) >= 11 is 0. The molecule has 1 saturated heterocycles. The maximum atomic E-state index is 12.7. The highest BCUT2D eigenvalue weighted by Gasteiger charge is 2.39. The Morgan fingerprint density at radius 1 is 1.43 bits per heavy atom. The maximum absolute atomic E-state index is 12.7. The minimum atomic E-state index is -0.756. The van der Waals surface area contributed by atoms with E-state index in [2.05, 4.69) is 24.5 Å². The minimum Gasteiger partial charge on any atom is -0.394 e. The zero-order chi connectivity index (χ0) is 15.5. The average molecular weight is 290 g/mol. The fraction of sp³-hybridized carbons (Fsp3) is 0.588. The van der Waals surface area contributed by atoms with Crippen molar-refractivity contribution >= 4 is 5.91 Å². The normalized spacial score (nSPS) is 24.1. The Hall–Kier alpha value is -1.39. The van der Waals surface area contributed by atoms with Gasteiger partial charge in [-0.2, -0.15) is 0 Å². The maximum Gasteiger partial charge on any atom is 0.238 e. The van der Waals surface area contributed by atoms with Crippen LogP contribution in [0.15, 0.2) is 30.3 Å². The number of benzene rings is 1. The smallest absolute Gasteiger partial charge is 0.238 e. The molecule has 0 spiro atoms. The number of aliphatic hydroxyl groups is 1. The van der Waals surface area contributed by atoms with Gasteiger partial charge in [0.1, 0.15) is 0 Å². The lowest BCUT2D eigenvalue weighted by atomic mass is 9.76. The van der Waals surface area contributed by atoms with Crippen LogP contribution in [0, 0.1) is 5.41 Å². The van der Waals surface area contributed by atoms with Gasteiger partial charge in [-0.15, -0.1) is 0 Å². The van der Waals surface area contributed by atoms with Crippen LogP contribution in [0.25, 0.3) is 0 Å². The molecular weight excluding hydrogens is 264 g/mol. The van der Waals surface area contributed by atoms with Crippen LogP contribution in [0.2, 0.25) is 0 Å². The summed E-state index contributed by atoms with van der Waals surface area (Å²) in [5.41, 5.74) is 0.0811. The Morgan fingerprint density at radius 2 is 2.10 bits per heavy atom. The molecule has 4 nitrogen and oxygen atoms in total. The summed E-state index contributed by atoms with van der Waals surface area (Å²) in [6.45, 7) is 6.82. The summed E-state index contributed by atoms with van der Waals surface area (Å²) in [4.78, 5) is 12.7. The van der Waals surface area contributed by atoms with Gasteiger partial charge in [0.25, 0.3) is 0 Å². The van der Waals surface area contributed by atoms with Gasteiger partial charge in [0.2, 0.25) is 5.91 Å². The number of amides is 1. The van der Waals surface area contributed by atoms with Crippen molar-refractivity contribution in [2.45, 2.75) is 45.2 Å². The molecule has 3 N–H and O–H groups in total. The standard InChI is InChI=1S/C17H26N2O2/c1-16(2)10-7-11-18-14(16)15(21)19-17(3,12-20)13-8-5-4-6-9-13/h4-6,8-9,14,18,20H,7,10-12H2,1-3H3,(H,19,21). The predicted octanol–water partition coefficient (Wildman–Crippen LogP) is 1.79. The Bertz CT molecular complexity index is 487. The molecule has 1 aliphatic rings. The molecule has 0 bridgehead atoms. The molecule has 1 heterocycles. The Kier molecular flexibility index (Phi) is 4.69. The molecular formula is C17H26N2O2. The third-order valence-electron chi connectivity index (χ3n) is 4.52. The van der Waals surface area contributed by atoms with Crippen molar-refractivity contribution in [3.8, 4) is 0 Å². The number of hydrogen-bond donors (Lipinski definition) is 3. The lowest BCUT2D eigenvalue weighted by Gasteiger charge is -2.40. The Labute approximate surface area is 126 Å². The van der Waals surface area contributed by atoms with E-state index in [0.717, 1.165) is 24.9 Å². The number of nitrogens with one attached hydrogen (secondary N) is 2. The van der Waals surface area contributed by atoms with E-state index in [1.54, 1.807) is 0 Å². The van der Waals surface area contributed by atoms with E-state index in [-0.39, 0.29) is 24.0 Å². The quantitative estimate of drug-likeness (QED) is 0.792. The molecule has 1 amide bonds. The second-order valence-corrected chi connectivity index (χ2v) is 6.82. The van der Waals surface area contributed by atoms with Gasteiger partial charge in [-0.05, 0) is 37.3 Å². The third-order valence-corrected chi connectivity index (χ3v) is 4.52. The molecule has 1 aromatic rings. The van der Waals surface area contributed by atoms with E-state index < -0.39 is 5.54 Å². The van der Waals surface area contributed by atoms with Crippen LogP contribution in [0.4, 0.5) is 0 Å². The van der Waals surface area contributed by atoms with E-state index >= 15 is 0 Å². The molecule has 4 heteroatoms. The molecule has 2 rings (SSSR count). The molecule has 1 fully saturated rings. The summed E-state index contributed by atoms with van der Waals surface area (Å²) in [5, 5.41) is 16.1. The third kappa shape index (κ3) is 3.44. The number of carbonyl (C=O) groups excluding carboxylic acids is 1. The summed E-state index contributed by atoms with van der Waals surface area (Å²) in [5.74, 6) is -0.0416. The number of aliphatic hydroxyl groups excluding tert-OH is 1. The Balaban J connectivity index is 2.16. The van der Waals surface area contributed by atoms with Crippen molar-refractivity contribution in [1.29, 1.82) is 0 Å². The number of rotatable bonds is 4. The van der Waals surface area contributed by atoms with E-state index in [4.69, 9.17) is 0 Å². The first-order chi connectivity index (χ1) is 9.89. The Morgan fingerprint density at radius 3 is 2.67 bits per heavy atom. The van der Waals surface area contributed by atoms with Gasteiger partial charge in [0.05, 0.1) is 18.2 Å². The SMILES string of the molecule is CC(CO)(NC(=O)C1NCCCC1(C)C)c1ccccc1. The summed E-state index contributed by atoms with van der Waals surface area (Å²) in [7, 11) is 0. The first kappa shape index (κ1) is 16.0. The van der Waals surface area contributed by atoms with Crippen molar-refractivity contribution in [1.82, 2.24) is 10.6 Å². The van der Waals surface area contributed by atoms with E-state index in [1.165, 1.54) is 0 Å². The molecule has 1 aliphatic heterocycles. The molecule has 116 valence electrons. The van der Waals surface area contributed by atoms with Crippen LogP contribution in [-0.4, -0.2) is 30.2 Å². The first-order valence-electron chi connectivity index (χ1n) is 7.61. The van der Waals surface area contributed by atoms with Gasteiger partial charge >= 0.3 is 0 Å². The fourth-order valence-electron chi connectivity index (χ4n) is 3.01. The van der Waals surface area contributed by atoms with Crippen molar-refractivity contribution in [2.24, 2.45) is 5.41 Å². The van der Waals surface area contributed by atoms with Crippen molar-refractivity contribution < 1.29 is 9.90 Å². The second kappa shape index (κ2) is 6.16. The second-order valence-electron chi connectivity index (χ2n) is 6.82. The molecule has 0 aliphatic carbocycles. The minimum absolute atomic E-state index is 0.0416. The largest absolute Gasteiger partial charge is 0.394 e. The van der Waals surface area contributed by atoms with Gasteiger partial charge in [-0.25, -0.2) is 0 Å². The van der Waals surface area contributed by atoms with Crippen molar-refractivity contribution in [3.05, 3.63) is 35.9 Å². The highest BCUT2D eigenvalue weighted by Crippen LogP contribution is 2.31. The average Bonchev–Trinajstić information content (AvgIpc) is 2.47.